The van der Waals surface area contributed by atoms with Gasteiger partial charge < -0.3 is 15.5 Å². The van der Waals surface area contributed by atoms with Crippen LogP contribution in [-0.2, 0) is 4.79 Å². The zero-order valence-electron chi connectivity index (χ0n) is 14.9. The maximum absolute atomic E-state index is 12.0. The topological polar surface area (TPSA) is 44.4 Å². The third-order valence-electron chi connectivity index (χ3n) is 4.57. The summed E-state index contributed by atoms with van der Waals surface area (Å²) < 4.78 is 0. The molecule has 1 aliphatic heterocycles. The highest BCUT2D eigenvalue weighted by Crippen LogP contribution is 2.21. The fourth-order valence-corrected chi connectivity index (χ4v) is 3.21. The molecule has 0 radical (unpaired) electrons. The first kappa shape index (κ1) is 17.3. The van der Waals surface area contributed by atoms with Crippen molar-refractivity contribution >= 4 is 23.0 Å². The van der Waals surface area contributed by atoms with E-state index >= 15 is 0 Å². The number of rotatable bonds is 6. The van der Waals surface area contributed by atoms with Crippen molar-refractivity contribution in [2.75, 3.05) is 35.2 Å². The highest BCUT2D eigenvalue weighted by molar-refractivity contribution is 5.91. The van der Waals surface area contributed by atoms with Crippen molar-refractivity contribution in [3.05, 3.63) is 54.1 Å². The molecule has 1 saturated heterocycles. The highest BCUT2D eigenvalue weighted by Gasteiger charge is 2.10. The van der Waals surface area contributed by atoms with Crippen LogP contribution in [0.4, 0.5) is 17.1 Å². The molecule has 2 N–H and O–H groups in total. The van der Waals surface area contributed by atoms with E-state index in [9.17, 15) is 4.79 Å². The lowest BCUT2D eigenvalue weighted by Crippen LogP contribution is -2.29. The second-order valence-corrected chi connectivity index (χ2v) is 6.69. The van der Waals surface area contributed by atoms with Crippen LogP contribution < -0.4 is 15.5 Å². The minimum absolute atomic E-state index is 0.0306. The van der Waals surface area contributed by atoms with Crippen LogP contribution in [0, 0.1) is 6.92 Å². The molecule has 3 rings (SSSR count). The van der Waals surface area contributed by atoms with Crippen molar-refractivity contribution in [1.82, 2.24) is 0 Å². The standard InChI is InChI=1S/C21H27N3O/c1-17-6-5-7-19(16-17)23-21(25)12-13-22-18-8-10-20(11-9-18)24-14-3-2-4-15-24/h5-11,16,22H,2-4,12-15H2,1H3,(H,23,25). The number of anilines is 3. The van der Waals surface area contributed by atoms with Crippen molar-refractivity contribution in [1.29, 1.82) is 0 Å². The van der Waals surface area contributed by atoms with E-state index in [1.54, 1.807) is 0 Å². The lowest BCUT2D eigenvalue weighted by atomic mass is 10.1. The number of aryl methyl sites for hydroxylation is 1. The Labute approximate surface area is 150 Å². The Morgan fingerprint density at radius 1 is 1.00 bits per heavy atom. The van der Waals surface area contributed by atoms with Crippen LogP contribution in [0.3, 0.4) is 0 Å². The number of piperidine rings is 1. The molecule has 2 aromatic rings. The number of hydrogen-bond donors (Lipinski definition) is 2. The van der Waals surface area contributed by atoms with Crippen LogP contribution >= 0.6 is 0 Å². The number of nitrogens with zero attached hydrogens (tertiary/aromatic N) is 1. The predicted octanol–water partition coefficient (Wildman–Crippen LogP) is 4.43. The van der Waals surface area contributed by atoms with Crippen LogP contribution in [0.5, 0.6) is 0 Å². The van der Waals surface area contributed by atoms with Gasteiger partial charge in [-0.1, -0.05) is 12.1 Å². The van der Waals surface area contributed by atoms with Crippen molar-refractivity contribution in [2.45, 2.75) is 32.6 Å². The Kier molecular flexibility index (Phi) is 5.94. The normalized spacial score (nSPS) is 14.2. The van der Waals surface area contributed by atoms with Crippen molar-refractivity contribution in [3.8, 4) is 0 Å². The predicted molar refractivity (Wildman–Crippen MR) is 105 cm³/mol. The molecule has 2 aromatic carbocycles. The first-order valence-corrected chi connectivity index (χ1v) is 9.16. The van der Waals surface area contributed by atoms with Gasteiger partial charge in [-0.2, -0.15) is 0 Å². The van der Waals surface area contributed by atoms with Gasteiger partial charge in [0, 0.05) is 43.1 Å². The maximum Gasteiger partial charge on any atom is 0.226 e. The zero-order chi connectivity index (χ0) is 17.5. The summed E-state index contributed by atoms with van der Waals surface area (Å²) in [7, 11) is 0. The van der Waals surface area contributed by atoms with E-state index in [4.69, 9.17) is 0 Å². The molecular weight excluding hydrogens is 310 g/mol. The second-order valence-electron chi connectivity index (χ2n) is 6.69. The van der Waals surface area contributed by atoms with E-state index in [2.05, 4.69) is 39.8 Å². The molecule has 1 aliphatic rings. The average molecular weight is 337 g/mol. The summed E-state index contributed by atoms with van der Waals surface area (Å²) in [4.78, 5) is 14.5. The molecule has 0 saturated carbocycles. The second kappa shape index (κ2) is 8.56. The number of benzene rings is 2. The fraction of sp³-hybridized carbons (Fsp3) is 0.381. The van der Waals surface area contributed by atoms with Gasteiger partial charge in [-0.25, -0.2) is 0 Å². The van der Waals surface area contributed by atoms with E-state index in [0.29, 0.717) is 13.0 Å². The Bertz CT molecular complexity index is 691. The minimum atomic E-state index is 0.0306. The molecule has 132 valence electrons. The van der Waals surface area contributed by atoms with Gasteiger partial charge in [0.2, 0.25) is 5.91 Å². The van der Waals surface area contributed by atoms with Crippen LogP contribution in [0.1, 0.15) is 31.2 Å². The van der Waals surface area contributed by atoms with Gasteiger partial charge in [0.25, 0.3) is 0 Å². The van der Waals surface area contributed by atoms with Crippen molar-refractivity contribution in [2.24, 2.45) is 0 Å². The molecule has 1 fully saturated rings. The minimum Gasteiger partial charge on any atom is -0.385 e. The lowest BCUT2D eigenvalue weighted by molar-refractivity contribution is -0.115. The Hall–Kier alpha value is -2.49. The molecule has 0 aromatic heterocycles. The molecule has 0 spiro atoms. The molecular formula is C21H27N3O. The van der Waals surface area contributed by atoms with Gasteiger partial charge in [-0.3, -0.25) is 4.79 Å². The molecule has 1 heterocycles. The van der Waals surface area contributed by atoms with Crippen LogP contribution in [0.15, 0.2) is 48.5 Å². The maximum atomic E-state index is 12.0. The fourth-order valence-electron chi connectivity index (χ4n) is 3.21. The van der Waals surface area contributed by atoms with E-state index in [1.807, 2.05) is 31.2 Å². The highest BCUT2D eigenvalue weighted by atomic mass is 16.1. The van der Waals surface area contributed by atoms with Gasteiger partial charge in [0.05, 0.1) is 0 Å². The van der Waals surface area contributed by atoms with E-state index in [1.165, 1.54) is 24.9 Å². The monoisotopic (exact) mass is 337 g/mol. The third-order valence-corrected chi connectivity index (χ3v) is 4.57. The molecule has 0 aliphatic carbocycles. The average Bonchev–Trinajstić information content (AvgIpc) is 2.63. The first-order valence-electron chi connectivity index (χ1n) is 9.16. The first-order chi connectivity index (χ1) is 12.2. The molecule has 0 bridgehead atoms. The lowest BCUT2D eigenvalue weighted by Gasteiger charge is -2.28. The van der Waals surface area contributed by atoms with E-state index < -0.39 is 0 Å². The summed E-state index contributed by atoms with van der Waals surface area (Å²) in [6.45, 7) is 4.96. The van der Waals surface area contributed by atoms with Crippen LogP contribution in [0.2, 0.25) is 0 Å². The number of amides is 1. The quantitative estimate of drug-likeness (QED) is 0.820. The Morgan fingerprint density at radius 2 is 1.76 bits per heavy atom. The zero-order valence-corrected chi connectivity index (χ0v) is 14.9. The summed E-state index contributed by atoms with van der Waals surface area (Å²) in [6.07, 6.45) is 4.37. The van der Waals surface area contributed by atoms with Crippen molar-refractivity contribution < 1.29 is 4.79 Å². The van der Waals surface area contributed by atoms with Gasteiger partial charge in [-0.05, 0) is 68.1 Å². The van der Waals surface area contributed by atoms with Crippen molar-refractivity contribution in [3.63, 3.8) is 0 Å². The van der Waals surface area contributed by atoms with Gasteiger partial charge in [-0.15, -0.1) is 0 Å². The SMILES string of the molecule is Cc1cccc(NC(=O)CCNc2ccc(N3CCCCC3)cc2)c1. The smallest absolute Gasteiger partial charge is 0.226 e. The van der Waals surface area contributed by atoms with Gasteiger partial charge in [0.1, 0.15) is 0 Å². The molecule has 0 atom stereocenters. The summed E-state index contributed by atoms with van der Waals surface area (Å²) in [5, 5.41) is 6.26. The summed E-state index contributed by atoms with van der Waals surface area (Å²) in [5.74, 6) is 0.0306. The van der Waals surface area contributed by atoms with Crippen LogP contribution in [-0.4, -0.2) is 25.5 Å². The van der Waals surface area contributed by atoms with E-state index in [0.717, 1.165) is 30.0 Å². The Balaban J connectivity index is 1.43. The summed E-state index contributed by atoms with van der Waals surface area (Å²) in [5.41, 5.74) is 4.35. The number of hydrogen-bond acceptors (Lipinski definition) is 3. The summed E-state index contributed by atoms with van der Waals surface area (Å²) in [6, 6.07) is 16.4. The van der Waals surface area contributed by atoms with Gasteiger partial charge >= 0.3 is 0 Å². The summed E-state index contributed by atoms with van der Waals surface area (Å²) >= 11 is 0. The van der Waals surface area contributed by atoms with Gasteiger partial charge in [0.15, 0.2) is 0 Å². The molecule has 4 heteroatoms. The Morgan fingerprint density at radius 3 is 2.48 bits per heavy atom. The molecule has 0 unspecified atom stereocenters. The number of carbonyl (C=O) groups is 1. The number of carbonyl (C=O) groups excluding carboxylic acids is 1. The molecule has 1 amide bonds. The largest absolute Gasteiger partial charge is 0.385 e. The third kappa shape index (κ3) is 5.24. The van der Waals surface area contributed by atoms with E-state index in [-0.39, 0.29) is 5.91 Å². The number of nitrogens with one attached hydrogen (secondary N) is 2. The molecule has 4 nitrogen and oxygen atoms in total. The van der Waals surface area contributed by atoms with Crippen LogP contribution in [0.25, 0.3) is 0 Å². The molecule has 25 heavy (non-hydrogen) atoms.